The van der Waals surface area contributed by atoms with Crippen LogP contribution in [0.1, 0.15) is 48.9 Å². The highest BCUT2D eigenvalue weighted by Crippen LogP contribution is 2.44. The Hall–Kier alpha value is -2.33. The predicted molar refractivity (Wildman–Crippen MR) is 105 cm³/mol. The Morgan fingerprint density at radius 2 is 1.15 bits per heavy atom. The summed E-state index contributed by atoms with van der Waals surface area (Å²) in [7, 11) is 3.35. The van der Waals surface area contributed by atoms with Crippen molar-refractivity contribution in [2.75, 3.05) is 14.2 Å². The Morgan fingerprint density at radius 1 is 0.741 bits per heavy atom. The molecule has 1 saturated carbocycles. The molecule has 2 fully saturated rings. The van der Waals surface area contributed by atoms with Crippen LogP contribution in [0.15, 0.2) is 48.5 Å². The molecule has 4 atom stereocenters. The zero-order chi connectivity index (χ0) is 18.8. The van der Waals surface area contributed by atoms with Crippen LogP contribution in [-0.2, 0) is 4.79 Å². The molecule has 2 bridgehead atoms. The minimum absolute atomic E-state index is 0.0462. The van der Waals surface area contributed by atoms with Gasteiger partial charge in [-0.1, -0.05) is 37.1 Å². The van der Waals surface area contributed by atoms with E-state index in [2.05, 4.69) is 29.6 Å². The van der Waals surface area contributed by atoms with Crippen LogP contribution in [0, 0.1) is 11.8 Å². The molecule has 2 aromatic rings. The SMILES string of the molecule is COc1ccc([C@@H]2N[C@@H](c3ccc(OC)cc3)[C@H]3CCCC[C@H]2C3=O)cc1. The van der Waals surface area contributed by atoms with E-state index in [1.165, 1.54) is 0 Å². The Morgan fingerprint density at radius 3 is 1.52 bits per heavy atom. The maximum atomic E-state index is 13.4. The van der Waals surface area contributed by atoms with E-state index in [9.17, 15) is 4.79 Å². The van der Waals surface area contributed by atoms with Gasteiger partial charge in [0.25, 0.3) is 0 Å². The minimum atomic E-state index is 0.0462. The van der Waals surface area contributed by atoms with Gasteiger partial charge in [0.2, 0.25) is 0 Å². The summed E-state index contributed by atoms with van der Waals surface area (Å²) in [6.07, 6.45) is 4.18. The number of ketones is 1. The lowest BCUT2D eigenvalue weighted by atomic mass is 9.74. The van der Waals surface area contributed by atoms with E-state index in [1.807, 2.05) is 24.3 Å². The summed E-state index contributed by atoms with van der Waals surface area (Å²) < 4.78 is 10.6. The number of hydrogen-bond donors (Lipinski definition) is 1. The number of hydrogen-bond acceptors (Lipinski definition) is 4. The summed E-state index contributed by atoms with van der Waals surface area (Å²) in [5, 5.41) is 3.83. The normalized spacial score (nSPS) is 27.7. The second kappa shape index (κ2) is 7.73. The largest absolute Gasteiger partial charge is 0.497 e. The fourth-order valence-electron chi connectivity index (χ4n) is 4.66. The second-order valence-corrected chi connectivity index (χ2v) is 7.57. The van der Waals surface area contributed by atoms with Crippen LogP contribution >= 0.6 is 0 Å². The molecule has 0 aromatic heterocycles. The predicted octanol–water partition coefficient (Wildman–Crippen LogP) is 4.46. The molecule has 0 radical (unpaired) electrons. The number of benzene rings is 2. The van der Waals surface area contributed by atoms with Crippen molar-refractivity contribution in [1.82, 2.24) is 5.32 Å². The van der Waals surface area contributed by atoms with Gasteiger partial charge in [-0.2, -0.15) is 0 Å². The van der Waals surface area contributed by atoms with Crippen molar-refractivity contribution in [2.24, 2.45) is 11.8 Å². The summed E-state index contributed by atoms with van der Waals surface area (Å²) >= 11 is 0. The van der Waals surface area contributed by atoms with Crippen LogP contribution in [0.4, 0.5) is 0 Å². The molecule has 142 valence electrons. The number of carbonyl (C=O) groups excluding carboxylic acids is 1. The molecule has 0 spiro atoms. The third-order valence-electron chi connectivity index (χ3n) is 6.12. The topological polar surface area (TPSA) is 47.6 Å². The van der Waals surface area contributed by atoms with E-state index in [4.69, 9.17) is 9.47 Å². The van der Waals surface area contributed by atoms with E-state index in [-0.39, 0.29) is 23.9 Å². The first-order valence-electron chi connectivity index (χ1n) is 9.79. The first kappa shape index (κ1) is 18.1. The summed E-state index contributed by atoms with van der Waals surface area (Å²) in [6.45, 7) is 0. The summed E-state index contributed by atoms with van der Waals surface area (Å²) in [4.78, 5) is 13.4. The van der Waals surface area contributed by atoms with Gasteiger partial charge >= 0.3 is 0 Å². The number of Topliss-reactive ketones (excluding diaryl/α,β-unsaturated/α-hetero) is 1. The fourth-order valence-corrected chi connectivity index (χ4v) is 4.66. The third-order valence-corrected chi connectivity index (χ3v) is 6.12. The maximum Gasteiger partial charge on any atom is 0.142 e. The molecule has 2 aliphatic rings. The van der Waals surface area contributed by atoms with E-state index in [0.29, 0.717) is 5.78 Å². The molecule has 27 heavy (non-hydrogen) atoms. The quantitative estimate of drug-likeness (QED) is 0.869. The highest BCUT2D eigenvalue weighted by atomic mass is 16.5. The Kier molecular flexibility index (Phi) is 5.17. The third kappa shape index (κ3) is 3.46. The van der Waals surface area contributed by atoms with E-state index >= 15 is 0 Å². The fraction of sp³-hybridized carbons (Fsp3) is 0.435. The van der Waals surface area contributed by atoms with Crippen LogP contribution in [0.2, 0.25) is 0 Å². The highest BCUT2D eigenvalue weighted by molar-refractivity contribution is 5.86. The number of carbonyl (C=O) groups is 1. The summed E-state index contributed by atoms with van der Waals surface area (Å²) in [5.74, 6) is 2.21. The van der Waals surface area contributed by atoms with Crippen molar-refractivity contribution in [3.63, 3.8) is 0 Å². The van der Waals surface area contributed by atoms with Crippen molar-refractivity contribution in [3.8, 4) is 11.5 Å². The zero-order valence-electron chi connectivity index (χ0n) is 16.0. The number of fused-ring (bicyclic) bond motifs is 2. The molecule has 1 N–H and O–H groups in total. The van der Waals surface area contributed by atoms with Gasteiger partial charge < -0.3 is 14.8 Å². The minimum Gasteiger partial charge on any atom is -0.497 e. The van der Waals surface area contributed by atoms with Crippen LogP contribution in [0.25, 0.3) is 0 Å². The lowest BCUT2D eigenvalue weighted by Crippen LogP contribution is -2.47. The molecule has 4 heteroatoms. The Bertz CT molecular complexity index is 719. The average molecular weight is 365 g/mol. The number of ether oxygens (including phenoxy) is 2. The van der Waals surface area contributed by atoms with Gasteiger partial charge in [-0.3, -0.25) is 4.79 Å². The molecule has 1 aliphatic carbocycles. The Balaban J connectivity index is 1.69. The van der Waals surface area contributed by atoms with Crippen molar-refractivity contribution in [3.05, 3.63) is 59.7 Å². The molecule has 4 rings (SSSR count). The van der Waals surface area contributed by atoms with Crippen molar-refractivity contribution in [2.45, 2.75) is 37.8 Å². The molecule has 1 heterocycles. The molecular weight excluding hydrogens is 338 g/mol. The van der Waals surface area contributed by atoms with E-state index in [1.54, 1.807) is 14.2 Å². The monoisotopic (exact) mass is 365 g/mol. The van der Waals surface area contributed by atoms with Gasteiger partial charge in [0.1, 0.15) is 17.3 Å². The molecule has 1 saturated heterocycles. The number of nitrogens with one attached hydrogen (secondary N) is 1. The maximum absolute atomic E-state index is 13.4. The molecule has 2 aromatic carbocycles. The van der Waals surface area contributed by atoms with Crippen molar-refractivity contribution in [1.29, 1.82) is 0 Å². The Labute approximate surface area is 160 Å². The van der Waals surface area contributed by atoms with E-state index < -0.39 is 0 Å². The number of piperidine rings is 1. The van der Waals surface area contributed by atoms with Crippen molar-refractivity contribution >= 4 is 5.78 Å². The summed E-state index contributed by atoms with van der Waals surface area (Å²) in [6, 6.07) is 16.3. The van der Waals surface area contributed by atoms with Crippen LogP contribution in [0.3, 0.4) is 0 Å². The highest BCUT2D eigenvalue weighted by Gasteiger charge is 2.45. The van der Waals surface area contributed by atoms with Crippen LogP contribution < -0.4 is 14.8 Å². The van der Waals surface area contributed by atoms with E-state index in [0.717, 1.165) is 48.3 Å². The molecule has 0 unspecified atom stereocenters. The number of methoxy groups -OCH3 is 2. The average Bonchev–Trinajstić information content (AvgIpc) is 2.84. The summed E-state index contributed by atoms with van der Waals surface area (Å²) in [5.41, 5.74) is 2.32. The van der Waals surface area contributed by atoms with Gasteiger partial charge in [0.15, 0.2) is 0 Å². The van der Waals surface area contributed by atoms with Gasteiger partial charge in [-0.05, 0) is 48.2 Å². The van der Waals surface area contributed by atoms with Gasteiger partial charge in [0, 0.05) is 23.9 Å². The zero-order valence-corrected chi connectivity index (χ0v) is 16.0. The van der Waals surface area contributed by atoms with Gasteiger partial charge in [-0.15, -0.1) is 0 Å². The molecular formula is C23H27NO3. The second-order valence-electron chi connectivity index (χ2n) is 7.57. The van der Waals surface area contributed by atoms with Gasteiger partial charge in [-0.25, -0.2) is 0 Å². The first-order chi connectivity index (χ1) is 13.2. The standard InChI is InChI=1S/C23H27NO3/c1-26-17-11-7-15(8-12-17)21-19-5-3-4-6-20(23(19)25)22(24-21)16-9-13-18(27-2)14-10-16/h7-14,19-22,24H,3-6H2,1-2H3/t19-,20-,21+,22+/m1/s1. The molecule has 0 amide bonds. The van der Waals surface area contributed by atoms with Crippen LogP contribution in [-0.4, -0.2) is 20.0 Å². The molecule has 1 aliphatic heterocycles. The molecule has 4 nitrogen and oxygen atoms in total. The van der Waals surface area contributed by atoms with Crippen molar-refractivity contribution < 1.29 is 14.3 Å². The smallest absolute Gasteiger partial charge is 0.142 e. The lowest BCUT2D eigenvalue weighted by Gasteiger charge is -2.41. The first-order valence-corrected chi connectivity index (χ1v) is 9.79. The number of rotatable bonds is 4. The van der Waals surface area contributed by atoms with Gasteiger partial charge in [0.05, 0.1) is 14.2 Å². The van der Waals surface area contributed by atoms with Crippen LogP contribution in [0.5, 0.6) is 11.5 Å². The lowest BCUT2D eigenvalue weighted by molar-refractivity contribution is -0.131.